The van der Waals surface area contributed by atoms with Crippen molar-refractivity contribution in [3.05, 3.63) is 71.2 Å². The number of nitrogens with zero attached hydrogens (tertiary/aromatic N) is 4. The Morgan fingerprint density at radius 2 is 1.90 bits per heavy atom. The molecule has 2 aliphatic rings. The van der Waals surface area contributed by atoms with Gasteiger partial charge in [0.25, 0.3) is 5.91 Å². The largest absolute Gasteiger partial charge is 0.362 e. The van der Waals surface area contributed by atoms with Crippen LogP contribution < -0.4 is 14.9 Å². The number of fused-ring (bicyclic) bond motifs is 6. The number of aldehydes is 1. The summed E-state index contributed by atoms with van der Waals surface area (Å²) >= 11 is 1.19. The second-order valence-corrected chi connectivity index (χ2v) is 13.5. The molecule has 3 atom stereocenters. The van der Waals surface area contributed by atoms with Gasteiger partial charge in [-0.05, 0) is 74.9 Å². The van der Waals surface area contributed by atoms with Crippen LogP contribution in [0.25, 0.3) is 0 Å². The summed E-state index contributed by atoms with van der Waals surface area (Å²) in [7, 11) is 0. The molecule has 5 heterocycles. The molecule has 40 heavy (non-hydrogen) atoms. The van der Waals surface area contributed by atoms with Gasteiger partial charge in [-0.25, -0.2) is 9.97 Å². The van der Waals surface area contributed by atoms with Crippen LogP contribution >= 0.6 is 11.9 Å². The lowest BCUT2D eigenvalue weighted by molar-refractivity contribution is 0.0984. The molecule has 0 saturated carbocycles. The van der Waals surface area contributed by atoms with Crippen molar-refractivity contribution in [2.75, 3.05) is 16.8 Å². The van der Waals surface area contributed by atoms with Gasteiger partial charge >= 0.3 is 0 Å². The van der Waals surface area contributed by atoms with Crippen molar-refractivity contribution in [1.82, 2.24) is 19.7 Å². The summed E-state index contributed by atoms with van der Waals surface area (Å²) < 4.78 is 3.00. The van der Waals surface area contributed by atoms with Crippen molar-refractivity contribution in [2.24, 2.45) is 11.8 Å². The minimum atomic E-state index is -0.187. The predicted octanol–water partition coefficient (Wildman–Crippen LogP) is 6.22. The molecular weight excluding hydrogens is 520 g/mol. The van der Waals surface area contributed by atoms with Crippen LogP contribution in [0.5, 0.6) is 0 Å². The molecule has 4 bridgehead atoms. The highest BCUT2D eigenvalue weighted by Crippen LogP contribution is 2.43. The zero-order valence-electron chi connectivity index (χ0n) is 24.1. The van der Waals surface area contributed by atoms with Crippen LogP contribution in [0, 0.1) is 11.8 Å². The molecule has 0 spiro atoms. The lowest BCUT2D eigenvalue weighted by atomic mass is 9.83. The zero-order chi connectivity index (χ0) is 28.7. The molecule has 1 amide bonds. The summed E-state index contributed by atoms with van der Waals surface area (Å²) in [6.07, 6.45) is 4.24. The van der Waals surface area contributed by atoms with Crippen LogP contribution in [-0.4, -0.2) is 39.2 Å². The van der Waals surface area contributed by atoms with E-state index in [9.17, 15) is 9.59 Å². The van der Waals surface area contributed by atoms with E-state index in [-0.39, 0.29) is 22.9 Å². The SMILES string of the molecule is C[C@H]1CC(c2ccc(C=O)cn2)Nc2cccc(n2)SNC(=O)c2ccc(C(C)(C)C)nc2N2C[C@@H]1CC2(C)C. The minimum Gasteiger partial charge on any atom is -0.362 e. The van der Waals surface area contributed by atoms with E-state index in [2.05, 4.69) is 61.5 Å². The van der Waals surface area contributed by atoms with Gasteiger partial charge in [0.15, 0.2) is 6.29 Å². The maximum absolute atomic E-state index is 13.6. The maximum Gasteiger partial charge on any atom is 0.265 e. The average molecular weight is 559 g/mol. The molecule has 5 rings (SSSR count). The number of rotatable bonds is 2. The third-order valence-electron chi connectivity index (χ3n) is 8.06. The van der Waals surface area contributed by atoms with Crippen LogP contribution in [0.3, 0.4) is 0 Å². The number of pyridine rings is 3. The van der Waals surface area contributed by atoms with Gasteiger partial charge < -0.3 is 10.2 Å². The Morgan fingerprint density at radius 1 is 1.10 bits per heavy atom. The second kappa shape index (κ2) is 10.8. The summed E-state index contributed by atoms with van der Waals surface area (Å²) in [6.45, 7) is 14.0. The number of anilines is 2. The first-order chi connectivity index (χ1) is 18.9. The lowest BCUT2D eigenvalue weighted by Crippen LogP contribution is -2.40. The van der Waals surface area contributed by atoms with E-state index in [4.69, 9.17) is 9.97 Å². The highest BCUT2D eigenvalue weighted by molar-refractivity contribution is 7.97. The topological polar surface area (TPSA) is 100 Å². The van der Waals surface area contributed by atoms with E-state index in [1.807, 2.05) is 42.5 Å². The summed E-state index contributed by atoms with van der Waals surface area (Å²) in [6, 6.07) is 13.2. The first-order valence-electron chi connectivity index (χ1n) is 13.9. The van der Waals surface area contributed by atoms with Gasteiger partial charge in [0.1, 0.15) is 16.7 Å². The fourth-order valence-corrected chi connectivity index (χ4v) is 6.29. The summed E-state index contributed by atoms with van der Waals surface area (Å²) in [4.78, 5) is 41.6. The number of carbonyl (C=O) groups is 2. The number of amides is 1. The van der Waals surface area contributed by atoms with Gasteiger partial charge in [-0.2, -0.15) is 0 Å². The Hall–Kier alpha value is -3.46. The van der Waals surface area contributed by atoms with Gasteiger partial charge in [0.2, 0.25) is 0 Å². The standard InChI is InChI=1S/C31H38N6O2S/c1-19-14-24(23-12-10-20(18-38)16-32-23)33-26-8-7-9-27(35-26)40-36-29(39)22-11-13-25(30(2,3)4)34-28(22)37-17-21(19)15-31(37,5)6/h7-13,16,18-19,21,24H,14-15,17H2,1-6H3,(H,33,35)(H,36,39)/t19-,21-,24?/m0/s1. The van der Waals surface area contributed by atoms with E-state index in [1.165, 1.54) is 11.9 Å². The van der Waals surface area contributed by atoms with Crippen LogP contribution in [-0.2, 0) is 5.41 Å². The molecule has 1 saturated heterocycles. The van der Waals surface area contributed by atoms with E-state index >= 15 is 0 Å². The molecule has 0 aromatic carbocycles. The van der Waals surface area contributed by atoms with Gasteiger partial charge in [-0.3, -0.25) is 19.3 Å². The normalized spacial score (nSPS) is 22.8. The second-order valence-electron chi connectivity index (χ2n) is 12.6. The third kappa shape index (κ3) is 5.84. The van der Waals surface area contributed by atoms with Crippen LogP contribution in [0.2, 0.25) is 0 Å². The molecule has 8 nitrogen and oxygen atoms in total. The van der Waals surface area contributed by atoms with Gasteiger partial charge in [0, 0.05) is 46.9 Å². The first-order valence-corrected chi connectivity index (χ1v) is 14.7. The van der Waals surface area contributed by atoms with Crippen LogP contribution in [0.1, 0.15) is 92.5 Å². The molecule has 2 N–H and O–H groups in total. The fourth-order valence-electron chi connectivity index (χ4n) is 5.70. The Morgan fingerprint density at radius 3 is 2.60 bits per heavy atom. The van der Waals surface area contributed by atoms with Crippen molar-refractivity contribution >= 4 is 35.8 Å². The fraction of sp³-hybridized carbons (Fsp3) is 0.452. The van der Waals surface area contributed by atoms with E-state index < -0.39 is 0 Å². The van der Waals surface area contributed by atoms with Crippen molar-refractivity contribution < 1.29 is 9.59 Å². The number of hydrogen-bond acceptors (Lipinski definition) is 8. The highest BCUT2D eigenvalue weighted by Gasteiger charge is 2.43. The Labute approximate surface area is 240 Å². The molecule has 210 valence electrons. The van der Waals surface area contributed by atoms with Crippen molar-refractivity contribution in [3.8, 4) is 0 Å². The summed E-state index contributed by atoms with van der Waals surface area (Å²) in [5.74, 6) is 1.97. The molecule has 1 unspecified atom stereocenters. The average Bonchev–Trinajstić information content (AvgIpc) is 3.25. The van der Waals surface area contributed by atoms with Crippen molar-refractivity contribution in [3.63, 3.8) is 0 Å². The molecular formula is C31H38N6O2S. The third-order valence-corrected chi connectivity index (χ3v) is 8.79. The highest BCUT2D eigenvalue weighted by atomic mass is 32.2. The van der Waals surface area contributed by atoms with Gasteiger partial charge in [-0.1, -0.05) is 33.8 Å². The molecule has 9 heteroatoms. The maximum atomic E-state index is 13.6. The quantitative estimate of drug-likeness (QED) is 0.283. The van der Waals surface area contributed by atoms with Crippen LogP contribution in [0.4, 0.5) is 11.6 Å². The summed E-state index contributed by atoms with van der Waals surface area (Å²) in [5.41, 5.74) is 2.62. The molecule has 3 aromatic heterocycles. The Balaban J connectivity index is 1.58. The first kappa shape index (κ1) is 28.1. The monoisotopic (exact) mass is 558 g/mol. The van der Waals surface area contributed by atoms with Crippen molar-refractivity contribution in [1.29, 1.82) is 0 Å². The molecule has 0 aliphatic carbocycles. The predicted molar refractivity (Wildman–Crippen MR) is 160 cm³/mol. The molecule has 1 fully saturated rings. The molecule has 3 aromatic rings. The van der Waals surface area contributed by atoms with E-state index in [1.54, 1.807) is 6.20 Å². The smallest absolute Gasteiger partial charge is 0.265 e. The zero-order valence-corrected chi connectivity index (χ0v) is 24.9. The number of carbonyl (C=O) groups excluding carboxylic acids is 2. The Bertz CT molecular complexity index is 1400. The van der Waals surface area contributed by atoms with E-state index in [0.29, 0.717) is 33.8 Å². The van der Waals surface area contributed by atoms with Crippen LogP contribution in [0.15, 0.2) is 53.7 Å². The van der Waals surface area contributed by atoms with E-state index in [0.717, 1.165) is 42.9 Å². The minimum absolute atomic E-state index is 0.0989. The molecule has 0 radical (unpaired) electrons. The molecule has 2 aliphatic heterocycles. The lowest BCUT2D eigenvalue weighted by Gasteiger charge is -2.34. The number of nitrogens with one attached hydrogen (secondary N) is 2. The van der Waals surface area contributed by atoms with Gasteiger partial charge in [-0.15, -0.1) is 0 Å². The van der Waals surface area contributed by atoms with Gasteiger partial charge in [0.05, 0.1) is 17.3 Å². The number of aromatic nitrogens is 3. The number of hydrogen-bond donors (Lipinski definition) is 2. The Kier molecular flexibility index (Phi) is 7.61. The summed E-state index contributed by atoms with van der Waals surface area (Å²) in [5, 5.41) is 4.26. The van der Waals surface area contributed by atoms with Crippen molar-refractivity contribution in [2.45, 2.75) is 76.4 Å².